The number of carbonyl (C=O) groups is 3. The largest absolute Gasteiger partial charge is 0.326 e. The van der Waals surface area contributed by atoms with Gasteiger partial charge in [0.05, 0.1) is 0 Å². The SMILES string of the molecule is CCC(=O)Nc1cccc(NC(=O)CCC(=O)c2ccc(C)c(C)c2)c1. The highest BCUT2D eigenvalue weighted by Gasteiger charge is 2.11. The lowest BCUT2D eigenvalue weighted by Gasteiger charge is -2.08. The molecular formula is C21H24N2O3. The second-order valence-electron chi connectivity index (χ2n) is 6.25. The molecule has 5 heteroatoms. The quantitative estimate of drug-likeness (QED) is 0.731. The average Bonchev–Trinajstić information content (AvgIpc) is 2.62. The summed E-state index contributed by atoms with van der Waals surface area (Å²) in [6.07, 6.45) is 0.648. The Kier molecular flexibility index (Phi) is 6.67. The fraction of sp³-hybridized carbons (Fsp3) is 0.286. The van der Waals surface area contributed by atoms with Crippen LogP contribution in [0.3, 0.4) is 0 Å². The van der Waals surface area contributed by atoms with Crippen LogP contribution in [0.25, 0.3) is 0 Å². The van der Waals surface area contributed by atoms with E-state index in [1.54, 1.807) is 37.3 Å². The van der Waals surface area contributed by atoms with Gasteiger partial charge in [0, 0.05) is 36.2 Å². The summed E-state index contributed by atoms with van der Waals surface area (Å²) >= 11 is 0. The van der Waals surface area contributed by atoms with Crippen molar-refractivity contribution in [1.82, 2.24) is 0 Å². The van der Waals surface area contributed by atoms with Gasteiger partial charge >= 0.3 is 0 Å². The molecule has 0 heterocycles. The molecule has 0 aliphatic carbocycles. The first-order valence-corrected chi connectivity index (χ1v) is 8.69. The molecule has 2 rings (SSSR count). The Bertz CT molecular complexity index is 828. The van der Waals surface area contributed by atoms with Gasteiger partial charge in [0.15, 0.2) is 5.78 Å². The van der Waals surface area contributed by atoms with E-state index in [1.807, 2.05) is 26.0 Å². The standard InChI is InChI=1S/C21H24N2O3/c1-4-20(25)22-17-6-5-7-18(13-17)23-21(26)11-10-19(24)16-9-8-14(2)15(3)12-16/h5-9,12-13H,4,10-11H2,1-3H3,(H,22,25)(H,23,26). The van der Waals surface area contributed by atoms with Crippen LogP contribution >= 0.6 is 0 Å². The minimum absolute atomic E-state index is 0.0489. The molecule has 0 aliphatic rings. The number of amides is 2. The van der Waals surface area contributed by atoms with Crippen molar-refractivity contribution in [3.8, 4) is 0 Å². The van der Waals surface area contributed by atoms with Gasteiger partial charge < -0.3 is 10.6 Å². The summed E-state index contributed by atoms with van der Waals surface area (Å²) in [5.74, 6) is -0.374. The van der Waals surface area contributed by atoms with Gasteiger partial charge in [-0.25, -0.2) is 0 Å². The summed E-state index contributed by atoms with van der Waals surface area (Å²) in [5, 5.41) is 5.50. The predicted molar refractivity (Wildman–Crippen MR) is 103 cm³/mol. The lowest BCUT2D eigenvalue weighted by molar-refractivity contribution is -0.116. The molecule has 0 radical (unpaired) electrons. The maximum Gasteiger partial charge on any atom is 0.224 e. The molecule has 0 aromatic heterocycles. The molecule has 0 fully saturated rings. The minimum Gasteiger partial charge on any atom is -0.326 e. The maximum atomic E-state index is 12.2. The maximum absolute atomic E-state index is 12.2. The van der Waals surface area contributed by atoms with E-state index < -0.39 is 0 Å². The summed E-state index contributed by atoms with van der Waals surface area (Å²) < 4.78 is 0. The van der Waals surface area contributed by atoms with Crippen molar-refractivity contribution in [3.63, 3.8) is 0 Å². The summed E-state index contributed by atoms with van der Waals surface area (Å²) in [7, 11) is 0. The Morgan fingerprint density at radius 3 is 2.08 bits per heavy atom. The zero-order valence-corrected chi connectivity index (χ0v) is 15.4. The third kappa shape index (κ3) is 5.55. The molecule has 2 aromatic rings. The highest BCUT2D eigenvalue weighted by Crippen LogP contribution is 2.16. The monoisotopic (exact) mass is 352 g/mol. The van der Waals surface area contributed by atoms with Gasteiger partial charge in [-0.05, 0) is 49.2 Å². The number of benzene rings is 2. The number of nitrogens with one attached hydrogen (secondary N) is 2. The Balaban J connectivity index is 1.90. The van der Waals surface area contributed by atoms with Gasteiger partial charge in [0.25, 0.3) is 0 Å². The Labute approximate surface area is 153 Å². The molecule has 0 spiro atoms. The lowest BCUT2D eigenvalue weighted by atomic mass is 10.0. The van der Waals surface area contributed by atoms with E-state index >= 15 is 0 Å². The summed E-state index contributed by atoms with van der Waals surface area (Å²) in [4.78, 5) is 35.8. The second kappa shape index (κ2) is 8.94. The van der Waals surface area contributed by atoms with E-state index in [0.717, 1.165) is 11.1 Å². The summed E-state index contributed by atoms with van der Waals surface area (Å²) in [5.41, 5.74) is 4.04. The highest BCUT2D eigenvalue weighted by atomic mass is 16.2. The van der Waals surface area contributed by atoms with E-state index in [1.165, 1.54) is 0 Å². The Morgan fingerprint density at radius 1 is 0.808 bits per heavy atom. The number of anilines is 2. The third-order valence-electron chi connectivity index (χ3n) is 4.16. The van der Waals surface area contributed by atoms with Crippen LogP contribution in [0.15, 0.2) is 42.5 Å². The topological polar surface area (TPSA) is 75.3 Å². The van der Waals surface area contributed by atoms with Gasteiger partial charge in [0.1, 0.15) is 0 Å². The van der Waals surface area contributed by atoms with Crippen molar-refractivity contribution >= 4 is 29.0 Å². The predicted octanol–water partition coefficient (Wildman–Crippen LogP) is 4.25. The van der Waals surface area contributed by atoms with Crippen molar-refractivity contribution in [2.75, 3.05) is 10.6 Å². The second-order valence-corrected chi connectivity index (χ2v) is 6.25. The third-order valence-corrected chi connectivity index (χ3v) is 4.16. The average molecular weight is 352 g/mol. The Hall–Kier alpha value is -2.95. The van der Waals surface area contributed by atoms with Gasteiger partial charge in [-0.3, -0.25) is 14.4 Å². The minimum atomic E-state index is -0.235. The van der Waals surface area contributed by atoms with Crippen LogP contribution in [-0.4, -0.2) is 17.6 Å². The van der Waals surface area contributed by atoms with Gasteiger partial charge in [-0.15, -0.1) is 0 Å². The van der Waals surface area contributed by atoms with Gasteiger partial charge in [-0.2, -0.15) is 0 Å². The van der Waals surface area contributed by atoms with Crippen molar-refractivity contribution in [2.24, 2.45) is 0 Å². The van der Waals surface area contributed by atoms with Crippen LogP contribution < -0.4 is 10.6 Å². The van der Waals surface area contributed by atoms with Crippen LogP contribution in [0, 0.1) is 13.8 Å². The molecule has 0 aliphatic heterocycles. The molecule has 0 saturated carbocycles. The van der Waals surface area contributed by atoms with Crippen molar-refractivity contribution in [2.45, 2.75) is 40.0 Å². The first-order valence-electron chi connectivity index (χ1n) is 8.69. The van der Waals surface area contributed by atoms with E-state index in [-0.39, 0.29) is 30.4 Å². The number of rotatable bonds is 7. The smallest absolute Gasteiger partial charge is 0.224 e. The molecule has 0 saturated heterocycles. The van der Waals surface area contributed by atoms with Crippen LogP contribution in [0.4, 0.5) is 11.4 Å². The normalized spacial score (nSPS) is 10.3. The van der Waals surface area contributed by atoms with Crippen molar-refractivity contribution < 1.29 is 14.4 Å². The number of hydrogen-bond acceptors (Lipinski definition) is 3. The molecule has 5 nitrogen and oxygen atoms in total. The van der Waals surface area contributed by atoms with Gasteiger partial charge in [-0.1, -0.05) is 25.1 Å². The van der Waals surface area contributed by atoms with Crippen LogP contribution in [0.1, 0.15) is 47.7 Å². The fourth-order valence-corrected chi connectivity index (χ4v) is 2.43. The molecular weight excluding hydrogens is 328 g/mol. The molecule has 2 aromatic carbocycles. The van der Waals surface area contributed by atoms with E-state index in [0.29, 0.717) is 23.4 Å². The molecule has 0 bridgehead atoms. The molecule has 2 amide bonds. The molecule has 26 heavy (non-hydrogen) atoms. The van der Waals surface area contributed by atoms with Crippen LogP contribution in [-0.2, 0) is 9.59 Å². The Morgan fingerprint density at radius 2 is 1.46 bits per heavy atom. The van der Waals surface area contributed by atoms with E-state index in [4.69, 9.17) is 0 Å². The molecule has 2 N–H and O–H groups in total. The van der Waals surface area contributed by atoms with Crippen LogP contribution in [0.2, 0.25) is 0 Å². The van der Waals surface area contributed by atoms with Gasteiger partial charge in [0.2, 0.25) is 11.8 Å². The van der Waals surface area contributed by atoms with Crippen molar-refractivity contribution in [1.29, 1.82) is 0 Å². The first-order chi connectivity index (χ1) is 12.4. The molecule has 0 unspecified atom stereocenters. The number of Topliss-reactive ketones (excluding diaryl/α,β-unsaturated/α-hetero) is 1. The number of hydrogen-bond donors (Lipinski definition) is 2. The summed E-state index contributed by atoms with van der Waals surface area (Å²) in [6, 6.07) is 12.5. The zero-order chi connectivity index (χ0) is 19.1. The molecule has 0 atom stereocenters. The van der Waals surface area contributed by atoms with Crippen molar-refractivity contribution in [3.05, 3.63) is 59.2 Å². The lowest BCUT2D eigenvalue weighted by Crippen LogP contribution is -2.14. The fourth-order valence-electron chi connectivity index (χ4n) is 2.43. The van der Waals surface area contributed by atoms with E-state index in [9.17, 15) is 14.4 Å². The molecule has 136 valence electrons. The first kappa shape index (κ1) is 19.4. The number of ketones is 1. The number of carbonyl (C=O) groups excluding carboxylic acids is 3. The highest BCUT2D eigenvalue weighted by molar-refractivity contribution is 6.00. The zero-order valence-electron chi connectivity index (χ0n) is 15.4. The van der Waals surface area contributed by atoms with Crippen LogP contribution in [0.5, 0.6) is 0 Å². The van der Waals surface area contributed by atoms with E-state index in [2.05, 4.69) is 10.6 Å². The number of aryl methyl sites for hydroxylation is 2. The summed E-state index contributed by atoms with van der Waals surface area (Å²) in [6.45, 7) is 5.73.